The Morgan fingerprint density at radius 1 is 1.23 bits per heavy atom. The van der Waals surface area contributed by atoms with E-state index in [9.17, 15) is 4.79 Å². The second-order valence-electron chi connectivity index (χ2n) is 6.79. The molecule has 1 aromatic carbocycles. The van der Waals surface area contributed by atoms with E-state index in [-0.39, 0.29) is 36.6 Å². The molecule has 3 N–H and O–H groups in total. The molecule has 6 nitrogen and oxygen atoms in total. The standard InChI is InChI=1S/C19H28N2O4.ClH/c1-23-18-10-13(6-8-16(18)24-14-4-2-3-5-14)12-21-19(22)17-9-7-15(11-20)25-17;/h6,8,10,14-15,17H,2-5,7,9,11-12,20H2,1H3,(H,21,22);1H/t15-,17+;/m1./s1. The number of ether oxygens (including phenoxy) is 3. The second kappa shape index (κ2) is 10.00. The number of carbonyl (C=O) groups is 1. The van der Waals surface area contributed by atoms with E-state index in [4.69, 9.17) is 19.9 Å². The first-order chi connectivity index (χ1) is 12.2. The highest BCUT2D eigenvalue weighted by atomic mass is 35.5. The molecule has 2 atom stereocenters. The molecule has 1 heterocycles. The Balaban J connectivity index is 0.00000243. The number of carbonyl (C=O) groups excluding carboxylic acids is 1. The number of hydrogen-bond donors (Lipinski definition) is 2. The van der Waals surface area contributed by atoms with Gasteiger partial charge in [0, 0.05) is 13.1 Å². The summed E-state index contributed by atoms with van der Waals surface area (Å²) in [6, 6.07) is 5.81. The average molecular weight is 385 g/mol. The van der Waals surface area contributed by atoms with E-state index < -0.39 is 0 Å². The third-order valence-electron chi connectivity index (χ3n) is 4.95. The molecular weight excluding hydrogens is 356 g/mol. The Bertz CT molecular complexity index is 593. The normalized spacial score (nSPS) is 22.7. The fourth-order valence-electron chi connectivity index (χ4n) is 3.48. The van der Waals surface area contributed by atoms with Crippen molar-refractivity contribution in [3.8, 4) is 11.5 Å². The van der Waals surface area contributed by atoms with Gasteiger partial charge in [-0.3, -0.25) is 4.79 Å². The first-order valence-corrected chi connectivity index (χ1v) is 9.16. The van der Waals surface area contributed by atoms with Gasteiger partial charge in [-0.15, -0.1) is 12.4 Å². The van der Waals surface area contributed by atoms with Crippen molar-refractivity contribution in [1.82, 2.24) is 5.32 Å². The van der Waals surface area contributed by atoms with Gasteiger partial charge in [-0.1, -0.05) is 6.07 Å². The van der Waals surface area contributed by atoms with Crippen LogP contribution in [0.4, 0.5) is 0 Å². The van der Waals surface area contributed by atoms with Crippen LogP contribution in [0.3, 0.4) is 0 Å². The summed E-state index contributed by atoms with van der Waals surface area (Å²) < 4.78 is 17.1. The second-order valence-corrected chi connectivity index (χ2v) is 6.79. The van der Waals surface area contributed by atoms with E-state index in [0.717, 1.165) is 37.0 Å². The van der Waals surface area contributed by atoms with Gasteiger partial charge in [0.25, 0.3) is 0 Å². The van der Waals surface area contributed by atoms with Crippen molar-refractivity contribution in [2.75, 3.05) is 13.7 Å². The smallest absolute Gasteiger partial charge is 0.249 e. The summed E-state index contributed by atoms with van der Waals surface area (Å²) in [5.41, 5.74) is 6.55. The number of nitrogens with two attached hydrogens (primary N) is 1. The molecule has 3 rings (SSSR count). The Labute approximate surface area is 161 Å². The molecule has 0 bridgehead atoms. The predicted molar refractivity (Wildman–Crippen MR) is 102 cm³/mol. The van der Waals surface area contributed by atoms with E-state index >= 15 is 0 Å². The molecule has 1 saturated heterocycles. The minimum absolute atomic E-state index is 0. The zero-order valence-corrected chi connectivity index (χ0v) is 16.1. The van der Waals surface area contributed by atoms with Gasteiger partial charge in [-0.2, -0.15) is 0 Å². The maximum atomic E-state index is 12.2. The Morgan fingerprint density at radius 2 is 2.00 bits per heavy atom. The first-order valence-electron chi connectivity index (χ1n) is 9.16. The highest BCUT2D eigenvalue weighted by Gasteiger charge is 2.29. The zero-order valence-electron chi connectivity index (χ0n) is 15.2. The molecule has 1 aliphatic carbocycles. The van der Waals surface area contributed by atoms with E-state index in [1.165, 1.54) is 12.8 Å². The zero-order chi connectivity index (χ0) is 17.6. The number of benzene rings is 1. The minimum atomic E-state index is -0.389. The fourth-order valence-corrected chi connectivity index (χ4v) is 3.48. The van der Waals surface area contributed by atoms with Gasteiger partial charge in [0.15, 0.2) is 11.5 Å². The Kier molecular flexibility index (Phi) is 8.00. The van der Waals surface area contributed by atoms with Crippen molar-refractivity contribution < 1.29 is 19.0 Å². The molecule has 7 heteroatoms. The molecule has 0 radical (unpaired) electrons. The predicted octanol–water partition coefficient (Wildman–Crippen LogP) is 2.56. The lowest BCUT2D eigenvalue weighted by Gasteiger charge is -2.17. The third-order valence-corrected chi connectivity index (χ3v) is 4.95. The molecular formula is C19H29ClN2O4. The number of methoxy groups -OCH3 is 1. The van der Waals surface area contributed by atoms with Crippen LogP contribution in [0.25, 0.3) is 0 Å². The number of rotatable bonds is 7. The SMILES string of the molecule is COc1cc(CNC(=O)[C@@H]2CC[C@H](CN)O2)ccc1OC1CCCC1.Cl. The summed E-state index contributed by atoms with van der Waals surface area (Å²) in [5, 5.41) is 2.93. The Morgan fingerprint density at radius 3 is 2.65 bits per heavy atom. The van der Waals surface area contributed by atoms with Crippen molar-refractivity contribution in [3.05, 3.63) is 23.8 Å². The molecule has 26 heavy (non-hydrogen) atoms. The van der Waals surface area contributed by atoms with Crippen molar-refractivity contribution >= 4 is 18.3 Å². The van der Waals surface area contributed by atoms with Gasteiger partial charge in [0.1, 0.15) is 6.10 Å². The van der Waals surface area contributed by atoms with Crippen LogP contribution in [0.2, 0.25) is 0 Å². The minimum Gasteiger partial charge on any atom is -0.493 e. The number of halogens is 1. The lowest BCUT2D eigenvalue weighted by Crippen LogP contribution is -2.35. The van der Waals surface area contributed by atoms with Gasteiger partial charge in [-0.05, 0) is 56.2 Å². The highest BCUT2D eigenvalue weighted by molar-refractivity contribution is 5.85. The summed E-state index contributed by atoms with van der Waals surface area (Å²) in [5.74, 6) is 1.40. The molecule has 2 fully saturated rings. The molecule has 1 saturated carbocycles. The van der Waals surface area contributed by atoms with Gasteiger partial charge >= 0.3 is 0 Å². The average Bonchev–Trinajstić information content (AvgIpc) is 3.32. The van der Waals surface area contributed by atoms with Gasteiger partial charge in [0.2, 0.25) is 5.91 Å². The summed E-state index contributed by atoms with van der Waals surface area (Å²) in [6.45, 7) is 0.898. The van der Waals surface area contributed by atoms with E-state index in [1.807, 2.05) is 18.2 Å². The van der Waals surface area contributed by atoms with Crippen LogP contribution in [0.15, 0.2) is 18.2 Å². The third kappa shape index (κ3) is 5.25. The summed E-state index contributed by atoms with van der Waals surface area (Å²) in [7, 11) is 1.64. The topological polar surface area (TPSA) is 82.8 Å². The van der Waals surface area contributed by atoms with Crippen LogP contribution < -0.4 is 20.5 Å². The fraction of sp³-hybridized carbons (Fsp3) is 0.632. The van der Waals surface area contributed by atoms with Crippen LogP contribution >= 0.6 is 12.4 Å². The quantitative estimate of drug-likeness (QED) is 0.754. The molecule has 1 amide bonds. The number of amides is 1. The lowest BCUT2D eigenvalue weighted by atomic mass is 10.1. The molecule has 146 valence electrons. The molecule has 0 aromatic heterocycles. The van der Waals surface area contributed by atoms with E-state index in [1.54, 1.807) is 7.11 Å². The van der Waals surface area contributed by atoms with E-state index in [2.05, 4.69) is 5.32 Å². The summed E-state index contributed by atoms with van der Waals surface area (Å²) in [4.78, 5) is 12.2. The number of nitrogens with one attached hydrogen (secondary N) is 1. The van der Waals surface area contributed by atoms with Gasteiger partial charge in [0.05, 0.1) is 19.3 Å². The first kappa shape index (κ1) is 20.8. The maximum Gasteiger partial charge on any atom is 0.249 e. The highest BCUT2D eigenvalue weighted by Crippen LogP contribution is 2.32. The summed E-state index contributed by atoms with van der Waals surface area (Å²) in [6.07, 6.45) is 6.13. The van der Waals surface area contributed by atoms with Gasteiger partial charge < -0.3 is 25.3 Å². The van der Waals surface area contributed by atoms with Crippen LogP contribution in [0.1, 0.15) is 44.1 Å². The van der Waals surface area contributed by atoms with Crippen molar-refractivity contribution in [3.63, 3.8) is 0 Å². The largest absolute Gasteiger partial charge is 0.493 e. The maximum absolute atomic E-state index is 12.2. The van der Waals surface area contributed by atoms with Crippen LogP contribution in [-0.4, -0.2) is 37.9 Å². The lowest BCUT2D eigenvalue weighted by molar-refractivity contribution is -0.132. The van der Waals surface area contributed by atoms with Crippen molar-refractivity contribution in [2.24, 2.45) is 5.73 Å². The molecule has 1 aliphatic heterocycles. The van der Waals surface area contributed by atoms with Crippen molar-refractivity contribution in [1.29, 1.82) is 0 Å². The number of hydrogen-bond acceptors (Lipinski definition) is 5. The Hall–Kier alpha value is -1.50. The molecule has 1 aromatic rings. The van der Waals surface area contributed by atoms with Gasteiger partial charge in [-0.25, -0.2) is 0 Å². The molecule has 0 unspecified atom stereocenters. The monoisotopic (exact) mass is 384 g/mol. The van der Waals surface area contributed by atoms with Crippen LogP contribution in [0, 0.1) is 0 Å². The summed E-state index contributed by atoms with van der Waals surface area (Å²) >= 11 is 0. The van der Waals surface area contributed by atoms with E-state index in [0.29, 0.717) is 18.8 Å². The van der Waals surface area contributed by atoms with Crippen LogP contribution in [0.5, 0.6) is 11.5 Å². The molecule has 0 spiro atoms. The molecule has 2 aliphatic rings. The van der Waals surface area contributed by atoms with Crippen molar-refractivity contribution in [2.45, 2.75) is 63.4 Å². The van der Waals surface area contributed by atoms with Crippen LogP contribution in [-0.2, 0) is 16.1 Å².